The zero-order valence-electron chi connectivity index (χ0n) is 13.6. The van der Waals surface area contributed by atoms with E-state index in [0.29, 0.717) is 24.4 Å². The summed E-state index contributed by atoms with van der Waals surface area (Å²) in [5.41, 5.74) is -1.28. The van der Waals surface area contributed by atoms with Crippen molar-refractivity contribution in [2.75, 3.05) is 6.54 Å². The third-order valence-electron chi connectivity index (χ3n) is 3.89. The van der Waals surface area contributed by atoms with Gasteiger partial charge in [-0.25, -0.2) is 4.79 Å². The molecule has 0 aliphatic carbocycles. The minimum Gasteiger partial charge on any atom is -0.548 e. The second kappa shape index (κ2) is 6.40. The molecule has 0 aromatic heterocycles. The van der Waals surface area contributed by atoms with Crippen LogP contribution in [0.5, 0.6) is 0 Å². The Hall–Kier alpha value is -1.75. The van der Waals surface area contributed by atoms with Gasteiger partial charge in [-0.1, -0.05) is 23.7 Å². The maximum atomic E-state index is 12.4. The number of carbonyl (C=O) groups is 2. The van der Waals surface area contributed by atoms with Gasteiger partial charge < -0.3 is 14.6 Å². The highest BCUT2D eigenvalue weighted by Gasteiger charge is 2.46. The van der Waals surface area contributed by atoms with Crippen molar-refractivity contribution in [3.05, 3.63) is 34.9 Å². The Morgan fingerprint density at radius 1 is 1.30 bits per heavy atom. The lowest BCUT2D eigenvalue weighted by molar-refractivity contribution is -0.317. The fourth-order valence-corrected chi connectivity index (χ4v) is 3.00. The molecule has 1 heterocycles. The van der Waals surface area contributed by atoms with Gasteiger partial charge in [-0.15, -0.1) is 0 Å². The zero-order chi connectivity index (χ0) is 17.3. The lowest BCUT2D eigenvalue weighted by Crippen LogP contribution is -2.60. The Bertz CT molecular complexity index is 594. The summed E-state index contributed by atoms with van der Waals surface area (Å²) in [6.07, 6.45) is 0.497. The molecule has 1 atom stereocenters. The van der Waals surface area contributed by atoms with Crippen molar-refractivity contribution < 1.29 is 19.4 Å². The number of amides is 1. The van der Waals surface area contributed by atoms with Crippen molar-refractivity contribution in [1.29, 1.82) is 0 Å². The number of aliphatic carboxylic acids is 1. The van der Waals surface area contributed by atoms with Crippen molar-refractivity contribution in [2.24, 2.45) is 0 Å². The van der Waals surface area contributed by atoms with Crippen LogP contribution in [0.3, 0.4) is 0 Å². The van der Waals surface area contributed by atoms with Crippen LogP contribution in [-0.4, -0.2) is 34.6 Å². The first-order chi connectivity index (χ1) is 10.6. The fourth-order valence-electron chi connectivity index (χ4n) is 2.87. The average Bonchev–Trinajstić information content (AvgIpc) is 2.84. The number of halogens is 1. The third-order valence-corrected chi connectivity index (χ3v) is 4.14. The van der Waals surface area contributed by atoms with Crippen LogP contribution < -0.4 is 5.11 Å². The summed E-state index contributed by atoms with van der Waals surface area (Å²) in [5, 5.41) is 12.5. The molecule has 1 saturated heterocycles. The molecule has 1 amide bonds. The molecule has 1 fully saturated rings. The summed E-state index contributed by atoms with van der Waals surface area (Å²) < 4.78 is 5.36. The Labute approximate surface area is 141 Å². The number of carboxylic acid groups (broad SMARTS) is 1. The number of nitrogens with zero attached hydrogens (tertiary/aromatic N) is 1. The third kappa shape index (κ3) is 3.96. The van der Waals surface area contributed by atoms with Gasteiger partial charge in [0.2, 0.25) is 0 Å². The first-order valence-corrected chi connectivity index (χ1v) is 7.98. The summed E-state index contributed by atoms with van der Waals surface area (Å²) in [6, 6.07) is 6.93. The van der Waals surface area contributed by atoms with E-state index in [9.17, 15) is 14.7 Å². The van der Waals surface area contributed by atoms with Gasteiger partial charge in [0.25, 0.3) is 0 Å². The van der Waals surface area contributed by atoms with Gasteiger partial charge in [0.1, 0.15) is 5.60 Å². The maximum absolute atomic E-state index is 12.4. The number of ether oxygens (including phenoxy) is 1. The van der Waals surface area contributed by atoms with E-state index in [1.807, 2.05) is 0 Å². The minimum absolute atomic E-state index is 0.172. The van der Waals surface area contributed by atoms with Crippen LogP contribution in [0.25, 0.3) is 0 Å². The van der Waals surface area contributed by atoms with Crippen LogP contribution >= 0.6 is 11.6 Å². The average molecular weight is 339 g/mol. The summed E-state index contributed by atoms with van der Waals surface area (Å²) in [7, 11) is 0. The van der Waals surface area contributed by atoms with Crippen molar-refractivity contribution in [3.63, 3.8) is 0 Å². The van der Waals surface area contributed by atoms with E-state index in [4.69, 9.17) is 16.3 Å². The Balaban J connectivity index is 2.29. The number of rotatable bonds is 3. The quantitative estimate of drug-likeness (QED) is 0.848. The summed E-state index contributed by atoms with van der Waals surface area (Å²) in [6.45, 7) is 5.60. The van der Waals surface area contributed by atoms with Gasteiger partial charge >= 0.3 is 6.09 Å². The first-order valence-electron chi connectivity index (χ1n) is 7.61. The van der Waals surface area contributed by atoms with Gasteiger partial charge in [0.15, 0.2) is 0 Å². The summed E-state index contributed by atoms with van der Waals surface area (Å²) in [5.74, 6) is -1.25. The van der Waals surface area contributed by atoms with E-state index < -0.39 is 23.2 Å². The molecule has 1 aliphatic heterocycles. The predicted octanol–water partition coefficient (Wildman–Crippen LogP) is 2.40. The molecule has 6 heteroatoms. The van der Waals surface area contributed by atoms with E-state index in [1.54, 1.807) is 45.0 Å². The van der Waals surface area contributed by atoms with E-state index in [-0.39, 0.29) is 6.42 Å². The second-order valence-electron chi connectivity index (χ2n) is 6.86. The molecule has 126 valence electrons. The molecule has 0 saturated carbocycles. The fraction of sp³-hybridized carbons (Fsp3) is 0.529. The number of hydrogen-bond acceptors (Lipinski definition) is 4. The van der Waals surface area contributed by atoms with Crippen LogP contribution in [0.2, 0.25) is 5.02 Å². The maximum Gasteiger partial charge on any atom is 0.411 e. The summed E-state index contributed by atoms with van der Waals surface area (Å²) >= 11 is 5.86. The number of hydrogen-bond donors (Lipinski definition) is 0. The molecule has 0 radical (unpaired) electrons. The van der Waals surface area contributed by atoms with Gasteiger partial charge in [-0.05, 0) is 51.3 Å². The van der Waals surface area contributed by atoms with Gasteiger partial charge in [-0.2, -0.15) is 0 Å². The number of carboxylic acids is 1. The molecule has 5 nitrogen and oxygen atoms in total. The lowest BCUT2D eigenvalue weighted by Gasteiger charge is -2.40. The van der Waals surface area contributed by atoms with Crippen LogP contribution in [0.4, 0.5) is 4.79 Å². The molecular formula is C17H21ClNO4-. The number of likely N-dealkylation sites (tertiary alicyclic amines) is 1. The lowest BCUT2D eigenvalue weighted by atomic mass is 9.88. The van der Waals surface area contributed by atoms with Crippen molar-refractivity contribution >= 4 is 23.7 Å². The highest BCUT2D eigenvalue weighted by Crippen LogP contribution is 2.34. The van der Waals surface area contributed by atoms with E-state index >= 15 is 0 Å². The minimum atomic E-state index is -1.38. The van der Waals surface area contributed by atoms with Crippen LogP contribution in [0.1, 0.15) is 39.2 Å². The van der Waals surface area contributed by atoms with Crippen molar-refractivity contribution in [2.45, 2.75) is 51.2 Å². The van der Waals surface area contributed by atoms with Crippen LogP contribution in [0, 0.1) is 0 Å². The van der Waals surface area contributed by atoms with Crippen molar-refractivity contribution in [1.82, 2.24) is 4.90 Å². The first kappa shape index (κ1) is 17.6. The van der Waals surface area contributed by atoms with E-state index in [2.05, 4.69) is 0 Å². The Kier molecular flexibility index (Phi) is 4.90. The SMILES string of the molecule is CC(C)(C)OC(=O)N1CCC[C@@]1(Cc1ccc(Cl)cc1)C(=O)[O-]. The Morgan fingerprint density at radius 3 is 2.43 bits per heavy atom. The highest BCUT2D eigenvalue weighted by molar-refractivity contribution is 6.30. The molecule has 0 spiro atoms. The predicted molar refractivity (Wildman–Crippen MR) is 85.1 cm³/mol. The smallest absolute Gasteiger partial charge is 0.411 e. The number of carbonyl (C=O) groups excluding carboxylic acids is 2. The van der Waals surface area contributed by atoms with Gasteiger partial charge in [0.05, 0.1) is 11.5 Å². The highest BCUT2D eigenvalue weighted by atomic mass is 35.5. The van der Waals surface area contributed by atoms with E-state index in [0.717, 1.165) is 5.56 Å². The number of benzene rings is 1. The van der Waals surface area contributed by atoms with Crippen LogP contribution in [-0.2, 0) is 16.0 Å². The topological polar surface area (TPSA) is 69.7 Å². The monoisotopic (exact) mass is 338 g/mol. The molecule has 23 heavy (non-hydrogen) atoms. The van der Waals surface area contributed by atoms with E-state index in [1.165, 1.54) is 4.90 Å². The molecule has 1 aromatic carbocycles. The standard InChI is InChI=1S/C17H22ClNO4/c1-16(2,3)23-15(22)19-10-4-9-17(19,14(20)21)11-12-5-7-13(18)8-6-12/h5-8H,4,9-11H2,1-3H3,(H,20,21)/p-1/t17-/m1/s1. The zero-order valence-corrected chi connectivity index (χ0v) is 14.4. The van der Waals surface area contributed by atoms with Crippen molar-refractivity contribution in [3.8, 4) is 0 Å². The molecule has 1 aliphatic rings. The normalized spacial score (nSPS) is 21.3. The second-order valence-corrected chi connectivity index (χ2v) is 7.29. The van der Waals surface area contributed by atoms with Crippen LogP contribution in [0.15, 0.2) is 24.3 Å². The molecular weight excluding hydrogens is 318 g/mol. The largest absolute Gasteiger partial charge is 0.548 e. The molecule has 1 aromatic rings. The Morgan fingerprint density at radius 2 is 1.91 bits per heavy atom. The summed E-state index contributed by atoms with van der Waals surface area (Å²) in [4.78, 5) is 25.6. The molecule has 0 bridgehead atoms. The molecule has 0 unspecified atom stereocenters. The van der Waals surface area contributed by atoms with Gasteiger partial charge in [0, 0.05) is 18.0 Å². The molecule has 2 rings (SSSR count). The molecule has 0 N–H and O–H groups in total. The van der Waals surface area contributed by atoms with Gasteiger partial charge in [-0.3, -0.25) is 4.90 Å².